The first-order valence-electron chi connectivity index (χ1n) is 8.14. The molecule has 2 amide bonds. The number of amides is 2. The molecule has 5 nitrogen and oxygen atoms in total. The number of nitrogens with two attached hydrogens (primary N) is 1. The summed E-state index contributed by atoms with van der Waals surface area (Å²) in [5, 5.41) is 5.66. The molecule has 0 aliphatic heterocycles. The monoisotopic (exact) mass is 323 g/mol. The maximum absolute atomic E-state index is 12.2. The van der Waals surface area contributed by atoms with Crippen LogP contribution in [-0.2, 0) is 11.2 Å². The molecule has 3 rings (SSSR count). The number of hydrogen-bond donors (Lipinski definition) is 3. The molecule has 0 spiro atoms. The van der Waals surface area contributed by atoms with Gasteiger partial charge >= 0.3 is 0 Å². The summed E-state index contributed by atoms with van der Waals surface area (Å²) in [6.45, 7) is -0.0398. The molecule has 1 atom stereocenters. The maximum Gasteiger partial charge on any atom is 0.251 e. The molecule has 1 aliphatic rings. The lowest BCUT2D eigenvalue weighted by Gasteiger charge is -2.26. The van der Waals surface area contributed by atoms with Crippen LogP contribution in [-0.4, -0.2) is 18.4 Å². The number of nitrogen functional groups attached to an aromatic ring is 1. The number of rotatable bonds is 4. The van der Waals surface area contributed by atoms with Crippen LogP contribution in [0.4, 0.5) is 5.69 Å². The normalized spacial score (nSPS) is 16.1. The summed E-state index contributed by atoms with van der Waals surface area (Å²) in [6.07, 6.45) is 3.03. The van der Waals surface area contributed by atoms with Gasteiger partial charge < -0.3 is 16.4 Å². The van der Waals surface area contributed by atoms with Gasteiger partial charge in [0.25, 0.3) is 5.91 Å². The minimum atomic E-state index is -0.283. The molecular weight excluding hydrogens is 302 g/mol. The van der Waals surface area contributed by atoms with Gasteiger partial charge in [0.2, 0.25) is 5.91 Å². The molecule has 0 saturated heterocycles. The van der Waals surface area contributed by atoms with Crippen LogP contribution in [0.15, 0.2) is 48.5 Å². The second-order valence-corrected chi connectivity index (χ2v) is 6.02. The van der Waals surface area contributed by atoms with Crippen molar-refractivity contribution in [3.8, 4) is 0 Å². The summed E-state index contributed by atoms with van der Waals surface area (Å²) >= 11 is 0. The number of benzene rings is 2. The predicted molar refractivity (Wildman–Crippen MR) is 93.5 cm³/mol. The summed E-state index contributed by atoms with van der Waals surface area (Å²) in [4.78, 5) is 24.2. The molecule has 0 saturated carbocycles. The first-order chi connectivity index (χ1) is 11.6. The lowest BCUT2D eigenvalue weighted by molar-refractivity contribution is -0.121. The van der Waals surface area contributed by atoms with Crippen LogP contribution >= 0.6 is 0 Å². The summed E-state index contributed by atoms with van der Waals surface area (Å²) < 4.78 is 0. The van der Waals surface area contributed by atoms with Gasteiger partial charge in [0.05, 0.1) is 12.6 Å². The smallest absolute Gasteiger partial charge is 0.251 e. The summed E-state index contributed by atoms with van der Waals surface area (Å²) in [6, 6.07) is 14.8. The van der Waals surface area contributed by atoms with Crippen LogP contribution in [0, 0.1) is 0 Å². The van der Waals surface area contributed by atoms with E-state index in [0.29, 0.717) is 11.3 Å². The zero-order valence-corrected chi connectivity index (χ0v) is 13.4. The first-order valence-corrected chi connectivity index (χ1v) is 8.14. The van der Waals surface area contributed by atoms with Crippen LogP contribution in [0.25, 0.3) is 0 Å². The van der Waals surface area contributed by atoms with E-state index in [1.54, 1.807) is 24.3 Å². The lowest BCUT2D eigenvalue weighted by Crippen LogP contribution is -2.39. The van der Waals surface area contributed by atoms with E-state index in [1.807, 2.05) is 12.1 Å². The number of carbonyl (C=O) groups excluding carboxylic acids is 2. The summed E-state index contributed by atoms with van der Waals surface area (Å²) in [7, 11) is 0. The van der Waals surface area contributed by atoms with E-state index < -0.39 is 0 Å². The van der Waals surface area contributed by atoms with Crippen molar-refractivity contribution in [2.45, 2.75) is 25.3 Å². The third-order valence-corrected chi connectivity index (χ3v) is 4.29. The molecule has 0 bridgehead atoms. The second-order valence-electron chi connectivity index (χ2n) is 6.02. The van der Waals surface area contributed by atoms with Crippen LogP contribution in [0.2, 0.25) is 0 Å². The number of anilines is 1. The number of aryl methyl sites for hydroxylation is 1. The van der Waals surface area contributed by atoms with Crippen molar-refractivity contribution in [1.29, 1.82) is 0 Å². The van der Waals surface area contributed by atoms with Crippen molar-refractivity contribution in [1.82, 2.24) is 10.6 Å². The number of nitrogens with one attached hydrogen (secondary N) is 2. The highest BCUT2D eigenvalue weighted by atomic mass is 16.2. The van der Waals surface area contributed by atoms with Gasteiger partial charge in [-0.15, -0.1) is 0 Å². The molecule has 2 aromatic carbocycles. The fourth-order valence-electron chi connectivity index (χ4n) is 3.05. The molecule has 0 aromatic heterocycles. The van der Waals surface area contributed by atoms with Crippen LogP contribution < -0.4 is 16.4 Å². The Labute approximate surface area is 141 Å². The fraction of sp³-hybridized carbons (Fsp3) is 0.263. The Morgan fingerprint density at radius 1 is 1.08 bits per heavy atom. The Hall–Kier alpha value is -2.82. The van der Waals surface area contributed by atoms with Gasteiger partial charge in [-0.05, 0) is 54.7 Å². The number of carbonyl (C=O) groups is 2. The summed E-state index contributed by atoms with van der Waals surface area (Å²) in [5.74, 6) is -0.463. The zero-order valence-electron chi connectivity index (χ0n) is 13.4. The first kappa shape index (κ1) is 16.1. The van der Waals surface area contributed by atoms with Crippen molar-refractivity contribution < 1.29 is 9.59 Å². The van der Waals surface area contributed by atoms with Crippen molar-refractivity contribution in [3.05, 3.63) is 65.2 Å². The Bertz CT molecular complexity index is 741. The van der Waals surface area contributed by atoms with Crippen molar-refractivity contribution in [2.75, 3.05) is 12.3 Å². The summed E-state index contributed by atoms with van der Waals surface area (Å²) in [5.41, 5.74) is 9.15. The van der Waals surface area contributed by atoms with Crippen molar-refractivity contribution >= 4 is 17.5 Å². The van der Waals surface area contributed by atoms with Gasteiger partial charge in [-0.25, -0.2) is 0 Å². The topological polar surface area (TPSA) is 84.2 Å². The Morgan fingerprint density at radius 2 is 1.83 bits per heavy atom. The van der Waals surface area contributed by atoms with E-state index in [1.165, 1.54) is 11.1 Å². The molecule has 2 aromatic rings. The van der Waals surface area contributed by atoms with Crippen molar-refractivity contribution in [3.63, 3.8) is 0 Å². The molecule has 1 aliphatic carbocycles. The van der Waals surface area contributed by atoms with Gasteiger partial charge in [-0.2, -0.15) is 0 Å². The molecule has 0 radical (unpaired) electrons. The van der Waals surface area contributed by atoms with E-state index in [4.69, 9.17) is 5.73 Å². The molecule has 5 heteroatoms. The maximum atomic E-state index is 12.2. The van der Waals surface area contributed by atoms with Crippen LogP contribution in [0.3, 0.4) is 0 Å². The van der Waals surface area contributed by atoms with Gasteiger partial charge in [0, 0.05) is 11.3 Å². The van der Waals surface area contributed by atoms with Gasteiger partial charge in [-0.1, -0.05) is 24.3 Å². The molecule has 0 unspecified atom stereocenters. The van der Waals surface area contributed by atoms with Crippen LogP contribution in [0.5, 0.6) is 0 Å². The third-order valence-electron chi connectivity index (χ3n) is 4.29. The number of hydrogen-bond acceptors (Lipinski definition) is 3. The molecule has 124 valence electrons. The average Bonchev–Trinajstić information content (AvgIpc) is 2.61. The minimum absolute atomic E-state index is 0.0240. The Kier molecular flexibility index (Phi) is 4.79. The zero-order chi connectivity index (χ0) is 16.9. The average molecular weight is 323 g/mol. The molecule has 0 heterocycles. The van der Waals surface area contributed by atoms with E-state index in [9.17, 15) is 9.59 Å². The Balaban J connectivity index is 1.55. The minimum Gasteiger partial charge on any atom is -0.399 e. The highest BCUT2D eigenvalue weighted by Gasteiger charge is 2.21. The predicted octanol–water partition coefficient (Wildman–Crippen LogP) is 2.19. The Morgan fingerprint density at radius 3 is 2.62 bits per heavy atom. The lowest BCUT2D eigenvalue weighted by atomic mass is 9.88. The molecule has 24 heavy (non-hydrogen) atoms. The van der Waals surface area contributed by atoms with Crippen LogP contribution in [0.1, 0.15) is 40.4 Å². The van der Waals surface area contributed by atoms with E-state index in [0.717, 1.165) is 19.3 Å². The quantitative estimate of drug-likeness (QED) is 0.754. The highest BCUT2D eigenvalue weighted by molar-refractivity contribution is 5.96. The van der Waals surface area contributed by atoms with Gasteiger partial charge in [-0.3, -0.25) is 9.59 Å². The fourth-order valence-corrected chi connectivity index (χ4v) is 3.05. The number of fused-ring (bicyclic) bond motifs is 1. The van der Waals surface area contributed by atoms with Crippen molar-refractivity contribution in [2.24, 2.45) is 0 Å². The van der Waals surface area contributed by atoms with E-state index in [2.05, 4.69) is 22.8 Å². The standard InChI is InChI=1S/C19H21N3O2/c20-15-10-8-14(9-11-15)19(24)21-12-18(23)22-17-7-3-5-13-4-1-2-6-16(13)17/h1-2,4,6,8-11,17H,3,5,7,12,20H2,(H,21,24)(H,22,23)/t17-/m0/s1. The molecule has 0 fully saturated rings. The van der Waals surface area contributed by atoms with Gasteiger partial charge in [0.15, 0.2) is 0 Å². The largest absolute Gasteiger partial charge is 0.399 e. The third kappa shape index (κ3) is 3.74. The molecular formula is C19H21N3O2. The highest BCUT2D eigenvalue weighted by Crippen LogP contribution is 2.29. The van der Waals surface area contributed by atoms with E-state index >= 15 is 0 Å². The SMILES string of the molecule is Nc1ccc(C(=O)NCC(=O)N[C@H]2CCCc3ccccc32)cc1. The van der Waals surface area contributed by atoms with E-state index in [-0.39, 0.29) is 24.4 Å². The van der Waals surface area contributed by atoms with Gasteiger partial charge in [0.1, 0.15) is 0 Å². The molecule has 4 N–H and O–H groups in total. The second kappa shape index (κ2) is 7.17.